The van der Waals surface area contributed by atoms with E-state index in [1.807, 2.05) is 13.8 Å². The van der Waals surface area contributed by atoms with Crippen LogP contribution in [0, 0.1) is 0 Å². The molecule has 4 nitrogen and oxygen atoms in total. The van der Waals surface area contributed by atoms with Crippen molar-refractivity contribution >= 4 is 11.8 Å². The molecule has 0 saturated carbocycles. The van der Waals surface area contributed by atoms with Gasteiger partial charge >= 0.3 is 11.8 Å². The zero-order valence-electron chi connectivity index (χ0n) is 10.2. The number of nitrogens with one attached hydrogen (secondary N) is 1. The van der Waals surface area contributed by atoms with E-state index in [1.54, 1.807) is 7.05 Å². The van der Waals surface area contributed by atoms with Gasteiger partial charge in [-0.25, -0.2) is 0 Å². The monoisotopic (exact) mass is 214 g/mol. The Morgan fingerprint density at radius 1 is 1.33 bits per heavy atom. The summed E-state index contributed by atoms with van der Waals surface area (Å²) in [5, 5.41) is 2.66. The maximum absolute atomic E-state index is 11.5. The second-order valence-corrected chi connectivity index (χ2v) is 3.86. The van der Waals surface area contributed by atoms with Crippen LogP contribution in [0.5, 0.6) is 0 Å². The predicted molar refractivity (Wildman–Crippen MR) is 60.4 cm³/mol. The van der Waals surface area contributed by atoms with Gasteiger partial charge in [0.2, 0.25) is 0 Å². The van der Waals surface area contributed by atoms with Crippen LogP contribution in [-0.4, -0.2) is 36.3 Å². The number of hydrogen-bond acceptors (Lipinski definition) is 2. The van der Waals surface area contributed by atoms with Crippen molar-refractivity contribution in [3.05, 3.63) is 0 Å². The molecule has 0 fully saturated rings. The quantitative estimate of drug-likeness (QED) is 0.698. The lowest BCUT2D eigenvalue weighted by Gasteiger charge is -2.17. The molecule has 1 unspecified atom stereocenters. The van der Waals surface area contributed by atoms with Crippen molar-refractivity contribution in [1.29, 1.82) is 0 Å². The third-order valence-electron chi connectivity index (χ3n) is 2.38. The fraction of sp³-hybridized carbons (Fsp3) is 0.818. The van der Waals surface area contributed by atoms with Crippen molar-refractivity contribution in [2.45, 2.75) is 46.1 Å². The zero-order valence-corrected chi connectivity index (χ0v) is 10.2. The molecule has 0 radical (unpaired) electrons. The van der Waals surface area contributed by atoms with E-state index in [4.69, 9.17) is 0 Å². The van der Waals surface area contributed by atoms with Gasteiger partial charge in [0, 0.05) is 19.6 Å². The highest BCUT2D eigenvalue weighted by atomic mass is 16.2. The van der Waals surface area contributed by atoms with Gasteiger partial charge in [0.15, 0.2) is 0 Å². The number of rotatable bonds is 5. The summed E-state index contributed by atoms with van der Waals surface area (Å²) in [6.45, 7) is 6.55. The summed E-state index contributed by atoms with van der Waals surface area (Å²) in [4.78, 5) is 24.4. The van der Waals surface area contributed by atoms with Gasteiger partial charge in [-0.1, -0.05) is 20.3 Å². The van der Waals surface area contributed by atoms with E-state index in [9.17, 15) is 9.59 Å². The van der Waals surface area contributed by atoms with Crippen LogP contribution in [0.1, 0.15) is 40.0 Å². The summed E-state index contributed by atoms with van der Waals surface area (Å²) >= 11 is 0. The Balaban J connectivity index is 4.02. The lowest BCUT2D eigenvalue weighted by Crippen LogP contribution is -2.44. The summed E-state index contributed by atoms with van der Waals surface area (Å²) in [6, 6.07) is 0.0565. The molecule has 0 aliphatic carbocycles. The molecule has 2 amide bonds. The highest BCUT2D eigenvalue weighted by molar-refractivity contribution is 6.34. The van der Waals surface area contributed by atoms with Crippen LogP contribution in [0.3, 0.4) is 0 Å². The van der Waals surface area contributed by atoms with Gasteiger partial charge in [-0.3, -0.25) is 9.59 Å². The van der Waals surface area contributed by atoms with Crippen LogP contribution in [0.4, 0.5) is 0 Å². The molecule has 0 aromatic carbocycles. The van der Waals surface area contributed by atoms with Gasteiger partial charge in [0.05, 0.1) is 0 Å². The molecule has 0 spiro atoms. The third kappa shape index (κ3) is 5.40. The summed E-state index contributed by atoms with van der Waals surface area (Å²) in [6.07, 6.45) is 2.78. The Morgan fingerprint density at radius 2 is 1.93 bits per heavy atom. The molecule has 0 aromatic heterocycles. The highest BCUT2D eigenvalue weighted by Crippen LogP contribution is 1.94. The molecule has 1 N–H and O–H groups in total. The van der Waals surface area contributed by atoms with Gasteiger partial charge in [-0.15, -0.1) is 0 Å². The van der Waals surface area contributed by atoms with Crippen LogP contribution in [0.15, 0.2) is 0 Å². The Morgan fingerprint density at radius 3 is 2.40 bits per heavy atom. The van der Waals surface area contributed by atoms with Crippen LogP contribution >= 0.6 is 0 Å². The van der Waals surface area contributed by atoms with E-state index in [2.05, 4.69) is 12.2 Å². The van der Waals surface area contributed by atoms with E-state index < -0.39 is 11.8 Å². The van der Waals surface area contributed by atoms with Crippen LogP contribution < -0.4 is 5.32 Å². The van der Waals surface area contributed by atoms with Crippen molar-refractivity contribution in [1.82, 2.24) is 10.2 Å². The number of nitrogens with zero attached hydrogens (tertiary/aromatic N) is 1. The fourth-order valence-corrected chi connectivity index (χ4v) is 1.06. The molecule has 1 atom stereocenters. The second kappa shape index (κ2) is 7.26. The molecule has 0 aliphatic heterocycles. The summed E-state index contributed by atoms with van der Waals surface area (Å²) < 4.78 is 0. The first kappa shape index (κ1) is 13.9. The molecular weight excluding hydrogens is 192 g/mol. The minimum atomic E-state index is -0.497. The van der Waals surface area contributed by atoms with Gasteiger partial charge in [0.1, 0.15) is 0 Å². The van der Waals surface area contributed by atoms with E-state index in [0.717, 1.165) is 19.3 Å². The van der Waals surface area contributed by atoms with Gasteiger partial charge < -0.3 is 10.2 Å². The number of carbonyl (C=O) groups excluding carboxylic acids is 2. The van der Waals surface area contributed by atoms with Crippen molar-refractivity contribution in [2.75, 3.05) is 13.6 Å². The number of amides is 2. The molecule has 0 aliphatic rings. The fourth-order valence-electron chi connectivity index (χ4n) is 1.06. The molecule has 4 heteroatoms. The summed E-state index contributed by atoms with van der Waals surface area (Å²) in [5.74, 6) is -0.938. The average molecular weight is 214 g/mol. The molecule has 0 rings (SSSR count). The largest absolute Gasteiger partial charge is 0.345 e. The summed E-state index contributed by atoms with van der Waals surface area (Å²) in [5.41, 5.74) is 0. The SMILES string of the molecule is CCCCN(C)C(=O)C(=O)NC(C)CC. The van der Waals surface area contributed by atoms with Crippen molar-refractivity contribution in [2.24, 2.45) is 0 Å². The van der Waals surface area contributed by atoms with Gasteiger partial charge in [0.25, 0.3) is 0 Å². The number of likely N-dealkylation sites (N-methyl/N-ethyl adjacent to an activating group) is 1. The topological polar surface area (TPSA) is 49.4 Å². The van der Waals surface area contributed by atoms with E-state index in [1.165, 1.54) is 4.90 Å². The normalized spacial score (nSPS) is 12.0. The average Bonchev–Trinajstić information content (AvgIpc) is 2.24. The van der Waals surface area contributed by atoms with Crippen molar-refractivity contribution in [3.8, 4) is 0 Å². The highest BCUT2D eigenvalue weighted by Gasteiger charge is 2.18. The minimum absolute atomic E-state index is 0.0565. The maximum Gasteiger partial charge on any atom is 0.311 e. The Kier molecular flexibility index (Phi) is 6.75. The van der Waals surface area contributed by atoms with Crippen molar-refractivity contribution in [3.63, 3.8) is 0 Å². The standard InChI is InChI=1S/C11H22N2O2/c1-5-7-8-13(4)11(15)10(14)12-9(3)6-2/h9H,5-8H2,1-4H3,(H,12,14). The molecule has 0 heterocycles. The zero-order chi connectivity index (χ0) is 11.8. The van der Waals surface area contributed by atoms with Crippen molar-refractivity contribution < 1.29 is 9.59 Å². The van der Waals surface area contributed by atoms with E-state index in [-0.39, 0.29) is 6.04 Å². The first-order chi connectivity index (χ1) is 7.02. The van der Waals surface area contributed by atoms with E-state index in [0.29, 0.717) is 6.54 Å². The Hall–Kier alpha value is -1.06. The number of hydrogen-bond donors (Lipinski definition) is 1. The number of unbranched alkanes of at least 4 members (excludes halogenated alkanes) is 1. The number of carbonyl (C=O) groups is 2. The second-order valence-electron chi connectivity index (χ2n) is 3.86. The Bertz CT molecular complexity index is 217. The molecular formula is C11H22N2O2. The smallest absolute Gasteiger partial charge is 0.311 e. The van der Waals surface area contributed by atoms with Crippen LogP contribution in [-0.2, 0) is 9.59 Å². The lowest BCUT2D eigenvalue weighted by atomic mass is 10.2. The maximum atomic E-state index is 11.5. The first-order valence-electron chi connectivity index (χ1n) is 5.58. The third-order valence-corrected chi connectivity index (χ3v) is 2.38. The van der Waals surface area contributed by atoms with E-state index >= 15 is 0 Å². The van der Waals surface area contributed by atoms with Crippen LogP contribution in [0.25, 0.3) is 0 Å². The van der Waals surface area contributed by atoms with Gasteiger partial charge in [-0.2, -0.15) is 0 Å². The summed E-state index contributed by atoms with van der Waals surface area (Å²) in [7, 11) is 1.66. The molecule has 0 aromatic rings. The van der Waals surface area contributed by atoms with Crippen LogP contribution in [0.2, 0.25) is 0 Å². The predicted octanol–water partition coefficient (Wildman–Crippen LogP) is 1.16. The Labute approximate surface area is 92.0 Å². The molecule has 88 valence electrons. The molecule has 0 bridgehead atoms. The molecule has 0 saturated heterocycles. The first-order valence-corrected chi connectivity index (χ1v) is 5.58. The van der Waals surface area contributed by atoms with Gasteiger partial charge in [-0.05, 0) is 19.8 Å². The molecule has 15 heavy (non-hydrogen) atoms. The minimum Gasteiger partial charge on any atom is -0.345 e. The lowest BCUT2D eigenvalue weighted by molar-refractivity contribution is -0.145.